The molecule has 1 aromatic heterocycles. The van der Waals surface area contributed by atoms with Gasteiger partial charge in [0.15, 0.2) is 10.8 Å². The van der Waals surface area contributed by atoms with Gasteiger partial charge >= 0.3 is 5.97 Å². The highest BCUT2D eigenvalue weighted by Gasteiger charge is 2.25. The molecule has 2 aromatic carbocycles. The first-order chi connectivity index (χ1) is 15.2. The van der Waals surface area contributed by atoms with Gasteiger partial charge in [-0.15, -0.1) is 11.3 Å². The lowest BCUT2D eigenvalue weighted by Crippen LogP contribution is -2.22. The Bertz CT molecular complexity index is 1280. The van der Waals surface area contributed by atoms with Crippen molar-refractivity contribution in [3.05, 3.63) is 81.0 Å². The number of thiazole rings is 1. The number of aromatic nitrogens is 1. The van der Waals surface area contributed by atoms with Crippen molar-refractivity contribution in [1.29, 1.82) is 0 Å². The van der Waals surface area contributed by atoms with Gasteiger partial charge in [0.25, 0.3) is 0 Å². The highest BCUT2D eigenvalue weighted by molar-refractivity contribution is 7.14. The van der Waals surface area contributed by atoms with Crippen LogP contribution >= 0.6 is 11.3 Å². The second-order valence-corrected chi connectivity index (χ2v) is 8.73. The minimum Gasteiger partial charge on any atom is -0.402 e. The Kier molecular flexibility index (Phi) is 5.76. The minimum atomic E-state index is -0.522. The molecule has 0 atom stereocenters. The van der Waals surface area contributed by atoms with E-state index < -0.39 is 5.97 Å². The Morgan fingerprint density at radius 2 is 1.75 bits per heavy atom. The molecule has 2 heterocycles. The fraction of sp³-hybridized carbons (Fsp3) is 0.200. The average molecular weight is 446 g/mol. The lowest BCUT2D eigenvalue weighted by molar-refractivity contribution is -0.130. The second-order valence-electron chi connectivity index (χ2n) is 7.89. The van der Waals surface area contributed by atoms with E-state index in [1.54, 1.807) is 16.4 Å². The third-order valence-electron chi connectivity index (χ3n) is 5.14. The zero-order valence-electron chi connectivity index (χ0n) is 18.6. The number of hydrogen-bond donors (Lipinski definition) is 0. The minimum absolute atomic E-state index is 0.141. The number of carbonyl (C=O) groups excluding carboxylic acids is 2. The molecule has 6 nitrogen and oxygen atoms in total. The first-order valence-electron chi connectivity index (χ1n) is 10.2. The maximum Gasteiger partial charge on any atom is 0.363 e. The van der Waals surface area contributed by atoms with Gasteiger partial charge in [-0.05, 0) is 69.2 Å². The molecule has 1 amide bonds. The van der Waals surface area contributed by atoms with Crippen molar-refractivity contribution in [3.8, 4) is 0 Å². The summed E-state index contributed by atoms with van der Waals surface area (Å²) in [4.78, 5) is 35.3. The number of anilines is 2. The van der Waals surface area contributed by atoms with Crippen LogP contribution in [0.1, 0.15) is 40.4 Å². The quantitative estimate of drug-likeness (QED) is 0.398. The van der Waals surface area contributed by atoms with E-state index in [1.807, 2.05) is 64.1 Å². The summed E-state index contributed by atoms with van der Waals surface area (Å²) < 4.78 is 5.38. The van der Waals surface area contributed by atoms with Gasteiger partial charge in [-0.1, -0.05) is 23.3 Å². The van der Waals surface area contributed by atoms with Crippen molar-refractivity contribution in [1.82, 2.24) is 4.98 Å². The highest BCUT2D eigenvalue weighted by Crippen LogP contribution is 2.31. The summed E-state index contributed by atoms with van der Waals surface area (Å²) in [5.41, 5.74) is 6.61. The zero-order valence-corrected chi connectivity index (χ0v) is 19.4. The molecule has 0 aliphatic carbocycles. The van der Waals surface area contributed by atoms with Crippen LogP contribution in [-0.4, -0.2) is 22.8 Å². The summed E-state index contributed by atoms with van der Waals surface area (Å²) in [6.07, 6.45) is 1.58. The average Bonchev–Trinajstić information content (AvgIpc) is 3.31. The van der Waals surface area contributed by atoms with Gasteiger partial charge in [0, 0.05) is 17.9 Å². The van der Waals surface area contributed by atoms with Gasteiger partial charge in [-0.2, -0.15) is 0 Å². The number of aryl methyl sites for hydroxylation is 4. The normalized spacial score (nSPS) is 14.5. The van der Waals surface area contributed by atoms with Crippen LogP contribution in [0.25, 0.3) is 6.08 Å². The van der Waals surface area contributed by atoms with Crippen molar-refractivity contribution < 1.29 is 14.3 Å². The first kappa shape index (κ1) is 21.6. The SMILES string of the molecule is CC(=O)N(c1ccc(C)c(C)c1)c1nc(/C=C2\N=C(c3cc(C)cc(C)c3)OC2=O)cs1. The van der Waals surface area contributed by atoms with E-state index in [0.717, 1.165) is 33.5 Å². The van der Waals surface area contributed by atoms with Crippen molar-refractivity contribution >= 4 is 46.0 Å². The van der Waals surface area contributed by atoms with E-state index in [2.05, 4.69) is 9.98 Å². The molecule has 1 aliphatic rings. The lowest BCUT2D eigenvalue weighted by atomic mass is 10.1. The molecule has 3 aromatic rings. The number of rotatable bonds is 4. The summed E-state index contributed by atoms with van der Waals surface area (Å²) in [6, 6.07) is 11.7. The van der Waals surface area contributed by atoms with Gasteiger partial charge in [0.1, 0.15) is 0 Å². The number of carbonyl (C=O) groups is 2. The molecule has 162 valence electrons. The molecule has 0 bridgehead atoms. The van der Waals surface area contributed by atoms with Crippen LogP contribution in [0.2, 0.25) is 0 Å². The van der Waals surface area contributed by atoms with Crippen LogP contribution in [0.5, 0.6) is 0 Å². The van der Waals surface area contributed by atoms with Crippen LogP contribution in [0.3, 0.4) is 0 Å². The fourth-order valence-corrected chi connectivity index (χ4v) is 4.35. The largest absolute Gasteiger partial charge is 0.402 e. The topological polar surface area (TPSA) is 71.9 Å². The van der Waals surface area contributed by atoms with E-state index in [4.69, 9.17) is 4.74 Å². The molecule has 0 saturated heterocycles. The van der Waals surface area contributed by atoms with Gasteiger partial charge in [-0.25, -0.2) is 14.8 Å². The van der Waals surface area contributed by atoms with Gasteiger partial charge in [0.2, 0.25) is 11.8 Å². The molecule has 32 heavy (non-hydrogen) atoms. The maximum absolute atomic E-state index is 12.4. The van der Waals surface area contributed by atoms with Crippen molar-refractivity contribution in [2.75, 3.05) is 4.90 Å². The Hall–Kier alpha value is -3.58. The second kappa shape index (κ2) is 8.51. The number of amides is 1. The standard InChI is InChI=1S/C25H23N3O3S/c1-14-8-15(2)10-19(9-14)23-27-22(24(30)31-23)12-20-13-32-25(26-20)28(18(5)29)21-7-6-16(3)17(4)11-21/h6-13H,1-5H3/b22-12-. The third-order valence-corrected chi connectivity index (χ3v) is 5.98. The van der Waals surface area contributed by atoms with E-state index in [0.29, 0.717) is 10.8 Å². The van der Waals surface area contributed by atoms with Crippen molar-refractivity contribution in [3.63, 3.8) is 0 Å². The van der Waals surface area contributed by atoms with E-state index in [-0.39, 0.29) is 17.5 Å². The number of benzene rings is 2. The van der Waals surface area contributed by atoms with E-state index in [9.17, 15) is 9.59 Å². The monoisotopic (exact) mass is 445 g/mol. The number of esters is 1. The third kappa shape index (κ3) is 4.38. The smallest absolute Gasteiger partial charge is 0.363 e. The number of cyclic esters (lactones) is 1. The maximum atomic E-state index is 12.4. The summed E-state index contributed by atoms with van der Waals surface area (Å²) in [5, 5.41) is 2.31. The summed E-state index contributed by atoms with van der Waals surface area (Å²) in [5.74, 6) is -0.382. The predicted octanol–water partition coefficient (Wildman–Crippen LogP) is 5.41. The van der Waals surface area contributed by atoms with Gasteiger partial charge in [0.05, 0.1) is 11.4 Å². The Morgan fingerprint density at radius 1 is 1.03 bits per heavy atom. The molecule has 4 rings (SSSR count). The predicted molar refractivity (Wildman–Crippen MR) is 127 cm³/mol. The van der Waals surface area contributed by atoms with E-state index in [1.165, 1.54) is 18.3 Å². The molecule has 0 radical (unpaired) electrons. The van der Waals surface area contributed by atoms with Gasteiger partial charge in [-0.3, -0.25) is 9.69 Å². The van der Waals surface area contributed by atoms with E-state index >= 15 is 0 Å². The molecule has 0 fully saturated rings. The molecule has 1 aliphatic heterocycles. The fourth-order valence-electron chi connectivity index (χ4n) is 3.51. The molecule has 7 heteroatoms. The Balaban J connectivity index is 1.65. The molecule has 0 N–H and O–H groups in total. The van der Waals surface area contributed by atoms with Crippen LogP contribution < -0.4 is 4.90 Å². The summed E-state index contributed by atoms with van der Waals surface area (Å²) in [7, 11) is 0. The molecule has 0 spiro atoms. The number of ether oxygens (including phenoxy) is 1. The first-order valence-corrected chi connectivity index (χ1v) is 11.0. The molecular weight excluding hydrogens is 422 g/mol. The number of nitrogens with zero attached hydrogens (tertiary/aromatic N) is 3. The summed E-state index contributed by atoms with van der Waals surface area (Å²) >= 11 is 1.33. The van der Waals surface area contributed by atoms with Crippen LogP contribution in [0, 0.1) is 27.7 Å². The number of hydrogen-bond acceptors (Lipinski definition) is 6. The molecule has 0 unspecified atom stereocenters. The number of aliphatic imine (C=N–C) groups is 1. The van der Waals surface area contributed by atoms with Gasteiger partial charge < -0.3 is 4.74 Å². The van der Waals surface area contributed by atoms with Crippen molar-refractivity contribution in [2.24, 2.45) is 4.99 Å². The van der Waals surface area contributed by atoms with Crippen molar-refractivity contribution in [2.45, 2.75) is 34.6 Å². The molecular formula is C25H23N3O3S. The van der Waals surface area contributed by atoms with Crippen LogP contribution in [0.4, 0.5) is 10.8 Å². The van der Waals surface area contributed by atoms with Crippen LogP contribution in [0.15, 0.2) is 52.5 Å². The summed E-state index contributed by atoms with van der Waals surface area (Å²) in [6.45, 7) is 9.50. The van der Waals surface area contributed by atoms with Crippen LogP contribution in [-0.2, 0) is 14.3 Å². The Morgan fingerprint density at radius 3 is 2.41 bits per heavy atom. The zero-order chi connectivity index (χ0) is 23.0. The highest BCUT2D eigenvalue weighted by atomic mass is 32.1. The lowest BCUT2D eigenvalue weighted by Gasteiger charge is -2.19. The molecule has 0 saturated carbocycles. The Labute approximate surface area is 190 Å².